The summed E-state index contributed by atoms with van der Waals surface area (Å²) in [7, 11) is 0. The zero-order chi connectivity index (χ0) is 51.5. The van der Waals surface area contributed by atoms with E-state index in [9.17, 15) is 5.11 Å². The van der Waals surface area contributed by atoms with E-state index < -0.39 is 65.4 Å². The second-order valence-corrected chi connectivity index (χ2v) is 19.7. The second-order valence-electron chi connectivity index (χ2n) is 19.7. The van der Waals surface area contributed by atoms with E-state index in [1.807, 2.05) is 145 Å². The number of rotatable bonds is 11. The summed E-state index contributed by atoms with van der Waals surface area (Å²) in [6.45, 7) is 4.08. The van der Waals surface area contributed by atoms with Crippen molar-refractivity contribution in [3.05, 3.63) is 203 Å². The lowest BCUT2D eigenvalue weighted by Gasteiger charge is -2.46. The van der Waals surface area contributed by atoms with Crippen molar-refractivity contribution in [2.45, 2.75) is 68.3 Å². The van der Waals surface area contributed by atoms with E-state index in [4.69, 9.17) is 14.2 Å². The largest absolute Gasteiger partial charge is 0.491 e. The summed E-state index contributed by atoms with van der Waals surface area (Å²) in [5, 5.41) is 16.5. The van der Waals surface area contributed by atoms with Crippen molar-refractivity contribution in [3.63, 3.8) is 0 Å². The molecule has 0 bridgehead atoms. The Bertz CT molecular complexity index is 3170. The van der Waals surface area contributed by atoms with Crippen LogP contribution in [-0.4, -0.2) is 79.4 Å². The number of morpholine rings is 2. The molecule has 0 aromatic heterocycles. The highest BCUT2D eigenvalue weighted by atomic mass is 16.6. The highest BCUT2D eigenvalue weighted by Crippen LogP contribution is 2.67. The molecule has 7 atom stereocenters. The van der Waals surface area contributed by atoms with Gasteiger partial charge in [-0.25, -0.2) is 9.69 Å². The van der Waals surface area contributed by atoms with Crippen LogP contribution < -0.4 is 25.2 Å². The molecule has 4 aliphatic heterocycles. The molecule has 1 spiro atoms. The first-order chi connectivity index (χ1) is 36.8. The third kappa shape index (κ3) is 9.24. The van der Waals surface area contributed by atoms with Crippen LogP contribution in [0.15, 0.2) is 169 Å². The van der Waals surface area contributed by atoms with E-state index in [2.05, 4.69) is 33.5 Å². The molecular weight excluding hydrogens is 943 g/mol. The molecule has 3 saturated heterocycles. The summed E-state index contributed by atoms with van der Waals surface area (Å²) in [4.78, 5) is 69.6. The van der Waals surface area contributed by atoms with Crippen LogP contribution in [0.25, 0.3) is 0 Å². The maximum Gasteiger partial charge on any atom is 0.329 e. The van der Waals surface area contributed by atoms with E-state index >= 15 is 19.2 Å². The van der Waals surface area contributed by atoms with Crippen LogP contribution >= 0.6 is 0 Å². The molecule has 0 saturated carbocycles. The molecule has 3 fully saturated rings. The highest BCUT2D eigenvalue weighted by molar-refractivity contribution is 6.25. The Balaban J connectivity index is 1.17. The average Bonchev–Trinajstić information content (AvgIpc) is 4.04. The number of anilines is 3. The molecule has 1 aliphatic carbocycles. The summed E-state index contributed by atoms with van der Waals surface area (Å²) in [6.07, 6.45) is 5.13. The van der Waals surface area contributed by atoms with Gasteiger partial charge in [0, 0.05) is 35.6 Å². The third-order valence-electron chi connectivity index (χ3n) is 15.3. The maximum atomic E-state index is 17.0. The van der Waals surface area contributed by atoms with Gasteiger partial charge in [0.05, 0.1) is 49.6 Å². The number of carbonyl (C=O) groups is 4. The first-order valence-electron chi connectivity index (χ1n) is 26.0. The number of hydrogen-bond donors (Lipinski definition) is 3. The molecule has 4 amide bonds. The molecule has 13 nitrogen and oxygen atoms in total. The van der Waals surface area contributed by atoms with Crippen molar-refractivity contribution in [2.75, 3.05) is 54.6 Å². The summed E-state index contributed by atoms with van der Waals surface area (Å²) in [6, 6.07) is 44.0. The topological polar surface area (TPSA) is 150 Å². The normalized spacial score (nSPS) is 23.5. The number of amides is 4. The first kappa shape index (κ1) is 49.2. The lowest BCUT2D eigenvalue weighted by atomic mass is 9.65. The predicted molar refractivity (Wildman–Crippen MR) is 286 cm³/mol. The summed E-state index contributed by atoms with van der Waals surface area (Å²) in [5.41, 5.74) is 4.24. The number of nitrogens with zero attached hydrogens (tertiary/aromatic N) is 3. The summed E-state index contributed by atoms with van der Waals surface area (Å²) in [5.74, 6) is 3.48. The van der Waals surface area contributed by atoms with Crippen LogP contribution in [-0.2, 0) is 29.3 Å². The highest BCUT2D eigenvalue weighted by Gasteiger charge is 2.76. The van der Waals surface area contributed by atoms with Gasteiger partial charge >= 0.3 is 12.0 Å². The molecule has 6 aromatic carbocycles. The molecule has 6 aromatic rings. The number of cyclic esters (lactones) is 1. The Morgan fingerprint density at radius 1 is 0.800 bits per heavy atom. The number of benzene rings is 6. The predicted octanol–water partition coefficient (Wildman–Crippen LogP) is 9.52. The van der Waals surface area contributed by atoms with Crippen molar-refractivity contribution in [1.29, 1.82) is 0 Å². The number of ether oxygens (including phenoxy) is 3. The van der Waals surface area contributed by atoms with Gasteiger partial charge in [0.2, 0.25) is 11.8 Å². The number of urea groups is 1. The van der Waals surface area contributed by atoms with Crippen LogP contribution in [0, 0.1) is 17.8 Å². The van der Waals surface area contributed by atoms with Crippen LogP contribution in [0.4, 0.5) is 21.9 Å². The average molecular weight is 1000 g/mol. The molecule has 13 heteroatoms. The molecule has 7 unspecified atom stereocenters. The maximum absolute atomic E-state index is 17.0. The minimum Gasteiger partial charge on any atom is -0.491 e. The molecule has 5 aliphatic rings. The van der Waals surface area contributed by atoms with E-state index in [0.717, 1.165) is 53.0 Å². The molecule has 3 N–H and O–H groups in total. The molecule has 380 valence electrons. The quantitative estimate of drug-likeness (QED) is 0.0847. The number of para-hydroxylation sites is 1. The number of nitrogens with one attached hydrogen (secondary N) is 2. The zero-order valence-electron chi connectivity index (χ0n) is 41.8. The fourth-order valence-corrected chi connectivity index (χ4v) is 11.9. The minimum absolute atomic E-state index is 0.0899. The van der Waals surface area contributed by atoms with Crippen LogP contribution in [0.1, 0.15) is 90.2 Å². The monoisotopic (exact) mass is 1000 g/mol. The van der Waals surface area contributed by atoms with E-state index in [1.165, 1.54) is 0 Å². The number of carbonyl (C=O) groups excluding carboxylic acids is 4. The van der Waals surface area contributed by atoms with E-state index in [0.29, 0.717) is 60.0 Å². The standard InChI is InChI=1S/C62H59N5O8/c1-41(44-18-8-3-9-19-44)63-61(72)66-51-33-28-43(27-26-42-16-6-2-7-17-42)40-50(51)62(60(66)71)53(58(69)64-47-29-31-48(32-30-47)65-34-37-73-38-35-65)55-59(70)75-56(46-22-12-5-13-23-46)54(45-20-10-4-11-21-45)67(55)57(62)49-24-14-15-25-52(49)74-39-36-68/h3-5,8-16,18-25,28-33,40-41,53-57,68H,2,6-7,17,34-39H2,1H3,(H,63,72)(H,64,69). The fraction of sp³-hybridized carbons (Fsp3) is 0.290. The molecule has 0 radical (unpaired) electrons. The number of aliphatic hydroxyl groups is 1. The van der Waals surface area contributed by atoms with Crippen LogP contribution in [0.5, 0.6) is 5.75 Å². The van der Waals surface area contributed by atoms with Crippen molar-refractivity contribution in [2.24, 2.45) is 5.92 Å². The van der Waals surface area contributed by atoms with Gasteiger partial charge in [-0.2, -0.15) is 0 Å². The zero-order valence-corrected chi connectivity index (χ0v) is 41.8. The SMILES string of the molecule is CC(NC(=O)N1C(=O)C2(c3cc(C#CC4=CCCCC4)ccc31)C(C(=O)Nc1ccc(N3CCOCC3)cc1)C1C(=O)OC(c3ccccc3)C(c3ccccc3)N1C2c1ccccc1OCCO)c1ccccc1. The second kappa shape index (κ2) is 21.4. The van der Waals surface area contributed by atoms with Gasteiger partial charge in [-0.05, 0) is 109 Å². The van der Waals surface area contributed by atoms with Crippen LogP contribution in [0.3, 0.4) is 0 Å². The Labute approximate surface area is 437 Å². The van der Waals surface area contributed by atoms with Gasteiger partial charge in [0.25, 0.3) is 0 Å². The Morgan fingerprint density at radius 2 is 1.49 bits per heavy atom. The van der Waals surface area contributed by atoms with Crippen LogP contribution in [0.2, 0.25) is 0 Å². The number of fused-ring (bicyclic) bond motifs is 3. The molecule has 75 heavy (non-hydrogen) atoms. The number of aliphatic hydroxyl groups excluding tert-OH is 1. The van der Waals surface area contributed by atoms with Crippen molar-refractivity contribution in [3.8, 4) is 17.6 Å². The number of esters is 1. The minimum atomic E-state index is -2.07. The van der Waals surface area contributed by atoms with Gasteiger partial charge in [0.15, 0.2) is 0 Å². The molecule has 4 heterocycles. The van der Waals surface area contributed by atoms with Gasteiger partial charge in [-0.3, -0.25) is 19.3 Å². The van der Waals surface area contributed by atoms with Crippen molar-refractivity contribution in [1.82, 2.24) is 10.2 Å². The van der Waals surface area contributed by atoms with Crippen molar-refractivity contribution >= 4 is 40.9 Å². The molecular formula is C62H59N5O8. The lowest BCUT2D eigenvalue weighted by molar-refractivity contribution is -0.177. The van der Waals surface area contributed by atoms with Gasteiger partial charge in [-0.1, -0.05) is 127 Å². The number of allylic oxidation sites excluding steroid dienone is 2. The summed E-state index contributed by atoms with van der Waals surface area (Å²) >= 11 is 0. The van der Waals surface area contributed by atoms with E-state index in [-0.39, 0.29) is 18.9 Å². The van der Waals surface area contributed by atoms with E-state index in [1.54, 1.807) is 24.3 Å². The first-order valence-corrected chi connectivity index (χ1v) is 26.0. The van der Waals surface area contributed by atoms with Crippen molar-refractivity contribution < 1.29 is 38.5 Å². The molecule has 11 rings (SSSR count). The lowest BCUT2D eigenvalue weighted by Crippen LogP contribution is -2.55. The Hall–Kier alpha value is -8.02. The Kier molecular flexibility index (Phi) is 14.1. The fourth-order valence-electron chi connectivity index (χ4n) is 11.9. The number of imide groups is 1. The van der Waals surface area contributed by atoms with Gasteiger partial charge in [-0.15, -0.1) is 0 Å². The number of hydrogen-bond acceptors (Lipinski definition) is 10. The Morgan fingerprint density at radius 3 is 2.20 bits per heavy atom. The smallest absolute Gasteiger partial charge is 0.329 e. The third-order valence-corrected chi connectivity index (χ3v) is 15.3. The summed E-state index contributed by atoms with van der Waals surface area (Å²) < 4.78 is 18.7. The van der Waals surface area contributed by atoms with Gasteiger partial charge in [0.1, 0.15) is 29.9 Å². The van der Waals surface area contributed by atoms with Gasteiger partial charge < -0.3 is 34.9 Å².